The van der Waals surface area contributed by atoms with Gasteiger partial charge in [-0.25, -0.2) is 13.1 Å². The summed E-state index contributed by atoms with van der Waals surface area (Å²) < 4.78 is 27.8. The molecule has 0 aromatic heterocycles. The van der Waals surface area contributed by atoms with Crippen molar-refractivity contribution < 1.29 is 18.0 Å². The van der Waals surface area contributed by atoms with E-state index in [9.17, 15) is 18.0 Å². The second-order valence-electron chi connectivity index (χ2n) is 6.05. The molecule has 8 heteroatoms. The molecule has 0 spiro atoms. The lowest BCUT2D eigenvalue weighted by Crippen LogP contribution is -2.37. The van der Waals surface area contributed by atoms with E-state index in [0.29, 0.717) is 0 Å². The third-order valence-corrected chi connectivity index (χ3v) is 6.30. The second kappa shape index (κ2) is 8.44. The fraction of sp³-hybridized carbons (Fsp3) is 0.529. The summed E-state index contributed by atoms with van der Waals surface area (Å²) in [6, 6.07) is 0. The van der Waals surface area contributed by atoms with Crippen LogP contribution in [0.1, 0.15) is 34.2 Å². The maximum Gasteiger partial charge on any atom is 0.241 e. The first kappa shape index (κ1) is 21.1. The van der Waals surface area contributed by atoms with E-state index in [2.05, 4.69) is 15.4 Å². The van der Waals surface area contributed by atoms with Gasteiger partial charge in [-0.3, -0.25) is 9.59 Å². The Morgan fingerprint density at radius 2 is 1.32 bits per heavy atom. The molecule has 1 aromatic rings. The third-order valence-electron chi connectivity index (χ3n) is 4.57. The van der Waals surface area contributed by atoms with Gasteiger partial charge in [0.25, 0.3) is 0 Å². The highest BCUT2D eigenvalue weighted by molar-refractivity contribution is 7.89. The zero-order valence-corrected chi connectivity index (χ0v) is 16.5. The standard InChI is InChI=1S/C17H27N3O4S/c1-10-11(2)13(4)17(14(5)12(10)3)25(23,24)20-8-7-15(21)19-9-16(22)18-6/h20H,7-9H2,1-6H3,(H,18,22)(H,19,21). The first-order valence-corrected chi connectivity index (χ1v) is 9.55. The minimum Gasteiger partial charge on any atom is -0.358 e. The molecule has 25 heavy (non-hydrogen) atoms. The van der Waals surface area contributed by atoms with E-state index >= 15 is 0 Å². The Balaban J connectivity index is 2.84. The lowest BCUT2D eigenvalue weighted by atomic mass is 9.95. The summed E-state index contributed by atoms with van der Waals surface area (Å²) in [4.78, 5) is 23.0. The largest absolute Gasteiger partial charge is 0.358 e. The molecule has 7 nitrogen and oxygen atoms in total. The number of likely N-dealkylation sites (N-methyl/N-ethyl adjacent to an activating group) is 1. The number of carbonyl (C=O) groups is 2. The van der Waals surface area contributed by atoms with Crippen LogP contribution in [0.2, 0.25) is 0 Å². The molecule has 0 bridgehead atoms. The van der Waals surface area contributed by atoms with Crippen molar-refractivity contribution in [3.05, 3.63) is 27.8 Å². The van der Waals surface area contributed by atoms with Crippen molar-refractivity contribution in [1.82, 2.24) is 15.4 Å². The van der Waals surface area contributed by atoms with Crippen molar-refractivity contribution >= 4 is 21.8 Å². The fourth-order valence-electron chi connectivity index (χ4n) is 2.60. The van der Waals surface area contributed by atoms with Crippen LogP contribution >= 0.6 is 0 Å². The highest BCUT2D eigenvalue weighted by Crippen LogP contribution is 2.29. The number of hydrogen-bond donors (Lipinski definition) is 3. The zero-order valence-electron chi connectivity index (χ0n) is 15.7. The summed E-state index contributed by atoms with van der Waals surface area (Å²) in [6.07, 6.45) is -0.0435. The molecule has 0 saturated heterocycles. The van der Waals surface area contributed by atoms with Gasteiger partial charge in [-0.1, -0.05) is 0 Å². The molecular formula is C17H27N3O4S. The molecule has 1 aromatic carbocycles. The van der Waals surface area contributed by atoms with Gasteiger partial charge in [0.05, 0.1) is 11.4 Å². The molecular weight excluding hydrogens is 342 g/mol. The summed E-state index contributed by atoms with van der Waals surface area (Å²) >= 11 is 0. The second-order valence-corrected chi connectivity index (χ2v) is 7.76. The Labute approximate surface area is 149 Å². The summed E-state index contributed by atoms with van der Waals surface area (Å²) in [7, 11) is -2.25. The van der Waals surface area contributed by atoms with Crippen molar-refractivity contribution in [3.63, 3.8) is 0 Å². The van der Waals surface area contributed by atoms with Gasteiger partial charge in [-0.05, 0) is 62.4 Å². The van der Waals surface area contributed by atoms with E-state index in [1.165, 1.54) is 7.05 Å². The minimum absolute atomic E-state index is 0.0350. The summed E-state index contributed by atoms with van der Waals surface area (Å²) in [5, 5.41) is 4.81. The van der Waals surface area contributed by atoms with Crippen LogP contribution in [0.5, 0.6) is 0 Å². The normalized spacial score (nSPS) is 11.3. The maximum atomic E-state index is 12.7. The van der Waals surface area contributed by atoms with Gasteiger partial charge in [0.15, 0.2) is 0 Å². The SMILES string of the molecule is CNC(=O)CNC(=O)CCNS(=O)(=O)c1c(C)c(C)c(C)c(C)c1C. The van der Waals surface area contributed by atoms with Gasteiger partial charge in [0.1, 0.15) is 0 Å². The van der Waals surface area contributed by atoms with Crippen LogP contribution in [0.3, 0.4) is 0 Å². The van der Waals surface area contributed by atoms with Gasteiger partial charge in [0.2, 0.25) is 21.8 Å². The first-order chi connectivity index (χ1) is 11.5. The number of benzene rings is 1. The molecule has 0 unspecified atom stereocenters. The van der Waals surface area contributed by atoms with E-state index in [-0.39, 0.29) is 30.3 Å². The molecule has 0 saturated carbocycles. The van der Waals surface area contributed by atoms with Gasteiger partial charge in [-0.2, -0.15) is 0 Å². The summed E-state index contributed by atoms with van der Waals surface area (Å²) in [6.45, 7) is 9.21. The van der Waals surface area contributed by atoms with Crippen LogP contribution < -0.4 is 15.4 Å². The average Bonchev–Trinajstić information content (AvgIpc) is 2.55. The van der Waals surface area contributed by atoms with Crippen LogP contribution in [0, 0.1) is 34.6 Å². The molecule has 2 amide bonds. The van der Waals surface area contributed by atoms with E-state index in [0.717, 1.165) is 27.8 Å². The van der Waals surface area contributed by atoms with Crippen molar-refractivity contribution in [2.75, 3.05) is 20.1 Å². The molecule has 140 valence electrons. The monoisotopic (exact) mass is 369 g/mol. The number of nitrogens with one attached hydrogen (secondary N) is 3. The van der Waals surface area contributed by atoms with Gasteiger partial charge >= 0.3 is 0 Å². The minimum atomic E-state index is -3.72. The maximum absolute atomic E-state index is 12.7. The van der Waals surface area contributed by atoms with E-state index in [1.54, 1.807) is 13.8 Å². The third kappa shape index (κ3) is 5.02. The Morgan fingerprint density at radius 1 is 0.840 bits per heavy atom. The van der Waals surface area contributed by atoms with Gasteiger partial charge in [-0.15, -0.1) is 0 Å². The van der Waals surface area contributed by atoms with Crippen LogP contribution in [0.25, 0.3) is 0 Å². The molecule has 0 heterocycles. The Morgan fingerprint density at radius 3 is 1.80 bits per heavy atom. The summed E-state index contributed by atoms with van der Waals surface area (Å²) in [5.74, 6) is -0.707. The highest BCUT2D eigenvalue weighted by atomic mass is 32.2. The van der Waals surface area contributed by atoms with Gasteiger partial charge < -0.3 is 10.6 Å². The van der Waals surface area contributed by atoms with E-state index in [4.69, 9.17) is 0 Å². The zero-order chi connectivity index (χ0) is 19.4. The van der Waals surface area contributed by atoms with Crippen LogP contribution in [-0.4, -0.2) is 40.4 Å². The highest BCUT2D eigenvalue weighted by Gasteiger charge is 2.23. The Hall–Kier alpha value is -1.93. The number of carbonyl (C=O) groups excluding carboxylic acids is 2. The van der Waals surface area contributed by atoms with E-state index in [1.807, 2.05) is 20.8 Å². The Kier molecular flexibility index (Phi) is 7.13. The number of hydrogen-bond acceptors (Lipinski definition) is 4. The molecule has 0 fully saturated rings. The van der Waals surface area contributed by atoms with Gasteiger partial charge in [0, 0.05) is 20.0 Å². The molecule has 0 radical (unpaired) electrons. The number of sulfonamides is 1. The molecule has 0 atom stereocenters. The predicted octanol–water partition coefficient (Wildman–Crippen LogP) is 0.759. The lowest BCUT2D eigenvalue weighted by molar-refractivity contribution is -0.125. The lowest BCUT2D eigenvalue weighted by Gasteiger charge is -2.19. The quantitative estimate of drug-likeness (QED) is 0.660. The van der Waals surface area contributed by atoms with Crippen molar-refractivity contribution in [3.8, 4) is 0 Å². The number of amides is 2. The smallest absolute Gasteiger partial charge is 0.241 e. The molecule has 3 N–H and O–H groups in total. The predicted molar refractivity (Wildman–Crippen MR) is 97.0 cm³/mol. The topological polar surface area (TPSA) is 104 Å². The summed E-state index contributed by atoms with van der Waals surface area (Å²) in [5.41, 5.74) is 4.43. The molecule has 1 rings (SSSR count). The van der Waals surface area contributed by atoms with Crippen LogP contribution in [0.4, 0.5) is 0 Å². The van der Waals surface area contributed by atoms with Crippen molar-refractivity contribution in [2.45, 2.75) is 45.9 Å². The first-order valence-electron chi connectivity index (χ1n) is 8.06. The van der Waals surface area contributed by atoms with Crippen LogP contribution in [0.15, 0.2) is 4.90 Å². The fourth-order valence-corrected chi connectivity index (χ4v) is 4.22. The van der Waals surface area contributed by atoms with Crippen LogP contribution in [-0.2, 0) is 19.6 Å². The average molecular weight is 369 g/mol. The molecule has 0 aliphatic carbocycles. The Bertz CT molecular complexity index is 757. The molecule has 0 aliphatic heterocycles. The molecule has 0 aliphatic rings. The number of rotatable bonds is 7. The van der Waals surface area contributed by atoms with Crippen molar-refractivity contribution in [1.29, 1.82) is 0 Å². The van der Waals surface area contributed by atoms with E-state index < -0.39 is 15.9 Å². The van der Waals surface area contributed by atoms with Crippen molar-refractivity contribution in [2.24, 2.45) is 0 Å².